The van der Waals surface area contributed by atoms with Gasteiger partial charge in [-0.3, -0.25) is 14.6 Å². The van der Waals surface area contributed by atoms with E-state index in [1.165, 1.54) is 6.20 Å². The predicted molar refractivity (Wildman–Crippen MR) is 175 cm³/mol. The molecule has 2 aromatic carbocycles. The van der Waals surface area contributed by atoms with Gasteiger partial charge < -0.3 is 25.1 Å². The molecule has 0 fully saturated rings. The quantitative estimate of drug-likeness (QED) is 0.245. The molecule has 0 radical (unpaired) electrons. The van der Waals surface area contributed by atoms with E-state index in [1.807, 2.05) is 68.4 Å². The van der Waals surface area contributed by atoms with E-state index >= 15 is 0 Å². The standard InChI is InChI=1S/C34H32N8O4/c1-19-13-24(10-11-26(19)27-14-23(16-36-31(27)35)22-9-12-29(45-4)30(15-22)46-5)39-32(43)28-18-41(17-25-8-6-7-20(2)37-25)34-38-21(3)40-42(34)33(28)44/h6-16,18H,17H2,1-5H3,(H2,35,36)(H,39,43). The highest BCUT2D eigenvalue weighted by atomic mass is 16.5. The van der Waals surface area contributed by atoms with E-state index in [-0.39, 0.29) is 5.56 Å². The van der Waals surface area contributed by atoms with Crippen molar-refractivity contribution in [2.45, 2.75) is 27.3 Å². The first-order chi connectivity index (χ1) is 22.1. The number of aromatic nitrogens is 6. The molecule has 0 saturated carbocycles. The zero-order valence-electron chi connectivity index (χ0n) is 26.0. The first kappa shape index (κ1) is 30.0. The van der Waals surface area contributed by atoms with E-state index in [4.69, 9.17) is 15.2 Å². The van der Waals surface area contributed by atoms with E-state index in [1.54, 1.807) is 38.0 Å². The van der Waals surface area contributed by atoms with Crippen LogP contribution in [0.25, 0.3) is 28.0 Å². The number of nitrogens with zero attached hydrogens (tertiary/aromatic N) is 6. The lowest BCUT2D eigenvalue weighted by Gasteiger charge is -2.14. The fourth-order valence-electron chi connectivity index (χ4n) is 5.35. The van der Waals surface area contributed by atoms with E-state index in [0.29, 0.717) is 41.2 Å². The van der Waals surface area contributed by atoms with Gasteiger partial charge in [-0.15, -0.1) is 5.10 Å². The number of nitrogen functional groups attached to an aromatic ring is 1. The van der Waals surface area contributed by atoms with Crippen molar-refractivity contribution in [2.24, 2.45) is 0 Å². The Balaban J connectivity index is 1.30. The third-order valence-corrected chi connectivity index (χ3v) is 7.59. The van der Waals surface area contributed by atoms with Gasteiger partial charge in [-0.1, -0.05) is 18.2 Å². The molecular weight excluding hydrogens is 584 g/mol. The fraction of sp³-hybridized carbons (Fsp3) is 0.176. The molecule has 4 aromatic heterocycles. The minimum Gasteiger partial charge on any atom is -0.493 e. The number of aryl methyl sites for hydroxylation is 3. The van der Waals surface area contributed by atoms with Crippen LogP contribution in [0.3, 0.4) is 0 Å². The molecule has 46 heavy (non-hydrogen) atoms. The second-order valence-electron chi connectivity index (χ2n) is 10.8. The Hall–Kier alpha value is -6.04. The number of anilines is 2. The van der Waals surface area contributed by atoms with Gasteiger partial charge in [0.25, 0.3) is 11.5 Å². The molecule has 0 atom stereocenters. The Morgan fingerprint density at radius 2 is 1.72 bits per heavy atom. The number of fused-ring (bicyclic) bond motifs is 1. The molecule has 12 heteroatoms. The van der Waals surface area contributed by atoms with Crippen molar-refractivity contribution < 1.29 is 14.3 Å². The highest BCUT2D eigenvalue weighted by Gasteiger charge is 2.19. The summed E-state index contributed by atoms with van der Waals surface area (Å²) in [6.45, 7) is 5.81. The molecule has 6 rings (SSSR count). The predicted octanol–water partition coefficient (Wildman–Crippen LogP) is 4.84. The second-order valence-corrected chi connectivity index (χ2v) is 10.8. The normalized spacial score (nSPS) is 11.1. The summed E-state index contributed by atoms with van der Waals surface area (Å²) in [5.74, 6) is 1.76. The average molecular weight is 617 g/mol. The molecule has 4 heterocycles. The van der Waals surface area contributed by atoms with E-state index in [0.717, 1.165) is 43.7 Å². The van der Waals surface area contributed by atoms with Gasteiger partial charge in [0.2, 0.25) is 5.78 Å². The number of nitrogens with two attached hydrogens (primary N) is 1. The first-order valence-corrected chi connectivity index (χ1v) is 14.4. The molecule has 0 saturated heterocycles. The molecule has 0 aliphatic carbocycles. The monoisotopic (exact) mass is 616 g/mol. The van der Waals surface area contributed by atoms with E-state index in [2.05, 4.69) is 25.4 Å². The molecule has 0 bridgehead atoms. The number of carbonyl (C=O) groups excluding carboxylic acids is 1. The van der Waals surface area contributed by atoms with Crippen molar-refractivity contribution in [3.8, 4) is 33.8 Å². The molecule has 6 aromatic rings. The maximum Gasteiger partial charge on any atom is 0.288 e. The molecule has 0 aliphatic rings. The van der Waals surface area contributed by atoms with E-state index in [9.17, 15) is 9.59 Å². The summed E-state index contributed by atoms with van der Waals surface area (Å²) < 4.78 is 13.7. The van der Waals surface area contributed by atoms with Gasteiger partial charge in [0.15, 0.2) is 11.5 Å². The summed E-state index contributed by atoms with van der Waals surface area (Å²) in [5.41, 5.74) is 12.0. The van der Waals surface area contributed by atoms with Gasteiger partial charge in [-0.25, -0.2) is 4.98 Å². The van der Waals surface area contributed by atoms with Gasteiger partial charge in [-0.2, -0.15) is 9.50 Å². The fourth-order valence-corrected chi connectivity index (χ4v) is 5.35. The molecule has 12 nitrogen and oxygen atoms in total. The minimum absolute atomic E-state index is 0.0807. The topological polar surface area (TPSA) is 152 Å². The van der Waals surface area contributed by atoms with Crippen molar-refractivity contribution in [1.82, 2.24) is 29.1 Å². The van der Waals surface area contributed by atoms with Gasteiger partial charge in [0.1, 0.15) is 17.2 Å². The number of hydrogen-bond acceptors (Lipinski definition) is 9. The number of amides is 1. The SMILES string of the molecule is COc1ccc(-c2cnc(N)c(-c3ccc(NC(=O)c4cn(Cc5cccc(C)n5)c5nc(C)nn5c4=O)cc3C)c2)cc1OC. The number of ether oxygens (including phenoxy) is 2. The summed E-state index contributed by atoms with van der Waals surface area (Å²) in [7, 11) is 3.18. The van der Waals surface area contributed by atoms with Crippen molar-refractivity contribution in [3.05, 3.63) is 112 Å². The third-order valence-electron chi connectivity index (χ3n) is 7.59. The van der Waals surface area contributed by atoms with E-state index < -0.39 is 11.5 Å². The maximum atomic E-state index is 13.5. The van der Waals surface area contributed by atoms with Gasteiger partial charge in [0.05, 0.1) is 26.5 Å². The lowest BCUT2D eigenvalue weighted by molar-refractivity contribution is 0.102. The number of rotatable bonds is 8. The van der Waals surface area contributed by atoms with Crippen LogP contribution in [0, 0.1) is 20.8 Å². The van der Waals surface area contributed by atoms with Crippen LogP contribution >= 0.6 is 0 Å². The average Bonchev–Trinajstić information content (AvgIpc) is 3.45. The molecule has 0 unspecified atom stereocenters. The Kier molecular flexibility index (Phi) is 7.93. The zero-order valence-corrected chi connectivity index (χ0v) is 26.0. The number of methoxy groups -OCH3 is 2. The van der Waals surface area contributed by atoms with Crippen LogP contribution in [0.1, 0.15) is 33.1 Å². The summed E-state index contributed by atoms with van der Waals surface area (Å²) in [6, 6.07) is 18.7. The number of nitrogens with one attached hydrogen (secondary N) is 1. The highest BCUT2D eigenvalue weighted by Crippen LogP contribution is 2.36. The zero-order chi connectivity index (χ0) is 32.5. The smallest absolute Gasteiger partial charge is 0.288 e. The number of pyridine rings is 2. The summed E-state index contributed by atoms with van der Waals surface area (Å²) >= 11 is 0. The van der Waals surface area contributed by atoms with Gasteiger partial charge in [-0.05, 0) is 79.9 Å². The molecule has 3 N–H and O–H groups in total. The molecule has 0 spiro atoms. The molecule has 1 amide bonds. The number of carbonyl (C=O) groups is 1. The van der Waals surface area contributed by atoms with Crippen molar-refractivity contribution >= 4 is 23.2 Å². The maximum absolute atomic E-state index is 13.5. The third kappa shape index (κ3) is 5.75. The van der Waals surface area contributed by atoms with Gasteiger partial charge >= 0.3 is 0 Å². The summed E-state index contributed by atoms with van der Waals surface area (Å²) in [6.07, 6.45) is 3.21. The molecular formula is C34H32N8O4. The highest BCUT2D eigenvalue weighted by molar-refractivity contribution is 6.04. The lowest BCUT2D eigenvalue weighted by atomic mass is 9.97. The second kappa shape index (κ2) is 12.2. The Morgan fingerprint density at radius 3 is 2.46 bits per heavy atom. The Morgan fingerprint density at radius 1 is 0.913 bits per heavy atom. The number of hydrogen-bond donors (Lipinski definition) is 2. The van der Waals surface area contributed by atoms with Crippen LogP contribution in [0.15, 0.2) is 77.9 Å². The van der Waals surface area contributed by atoms with Crippen LogP contribution < -0.4 is 26.1 Å². The Bertz CT molecular complexity index is 2190. The summed E-state index contributed by atoms with van der Waals surface area (Å²) in [4.78, 5) is 40.2. The molecule has 232 valence electrons. The van der Waals surface area contributed by atoms with Crippen LogP contribution in [0.5, 0.6) is 11.5 Å². The van der Waals surface area contributed by atoms with Crippen molar-refractivity contribution in [3.63, 3.8) is 0 Å². The largest absolute Gasteiger partial charge is 0.493 e. The van der Waals surface area contributed by atoms with Gasteiger partial charge in [0, 0.05) is 34.9 Å². The van der Waals surface area contributed by atoms with Crippen molar-refractivity contribution in [2.75, 3.05) is 25.3 Å². The molecule has 0 aliphatic heterocycles. The number of benzene rings is 2. The van der Waals surface area contributed by atoms with Crippen molar-refractivity contribution in [1.29, 1.82) is 0 Å². The van der Waals surface area contributed by atoms with Crippen LogP contribution in [0.4, 0.5) is 11.5 Å². The lowest BCUT2D eigenvalue weighted by Crippen LogP contribution is -2.29. The summed E-state index contributed by atoms with van der Waals surface area (Å²) in [5, 5.41) is 7.10. The van der Waals surface area contributed by atoms with Crippen LogP contribution in [0.2, 0.25) is 0 Å². The van der Waals surface area contributed by atoms with Crippen LogP contribution in [-0.4, -0.2) is 49.3 Å². The minimum atomic E-state index is -0.574. The first-order valence-electron chi connectivity index (χ1n) is 14.4. The van der Waals surface area contributed by atoms with Crippen LogP contribution in [-0.2, 0) is 6.54 Å². The Labute approximate surface area is 264 Å².